The van der Waals surface area contributed by atoms with Crippen molar-refractivity contribution in [2.75, 3.05) is 33.3 Å². The molecule has 1 aliphatic carbocycles. The van der Waals surface area contributed by atoms with E-state index in [1.54, 1.807) is 7.11 Å². The maximum Gasteiger partial charge on any atom is 0.222 e. The van der Waals surface area contributed by atoms with Gasteiger partial charge in [0, 0.05) is 39.1 Å². The highest BCUT2D eigenvalue weighted by molar-refractivity contribution is 5.85. The van der Waals surface area contributed by atoms with Crippen LogP contribution in [0.4, 0.5) is 0 Å². The third kappa shape index (κ3) is 5.89. The van der Waals surface area contributed by atoms with Crippen molar-refractivity contribution in [3.05, 3.63) is 29.8 Å². The first-order valence-corrected chi connectivity index (χ1v) is 9.37. The number of carbonyl (C=O) groups excluding carboxylic acids is 1. The number of nitrogens with zero attached hydrogens (tertiary/aromatic N) is 2. The minimum Gasteiger partial charge on any atom is -0.497 e. The van der Waals surface area contributed by atoms with Crippen LogP contribution in [0.3, 0.4) is 0 Å². The Bertz CT molecular complexity index is 538. The number of ether oxygens (including phenoxy) is 1. The number of hydrogen-bond donors (Lipinski definition) is 0. The molecule has 5 heteroatoms. The topological polar surface area (TPSA) is 32.8 Å². The SMILES string of the molecule is COc1cccc(CN2CCN(C(=O)CCC3CCCC3)CC2)c1.Cl. The fourth-order valence-electron chi connectivity index (χ4n) is 3.97. The summed E-state index contributed by atoms with van der Waals surface area (Å²) in [5.74, 6) is 2.08. The molecule has 0 spiro atoms. The van der Waals surface area contributed by atoms with E-state index < -0.39 is 0 Å². The Hall–Kier alpha value is -1.26. The number of carbonyl (C=O) groups is 1. The van der Waals surface area contributed by atoms with Crippen LogP contribution in [-0.2, 0) is 11.3 Å². The number of hydrogen-bond acceptors (Lipinski definition) is 3. The number of rotatable bonds is 6. The molecule has 0 bridgehead atoms. The van der Waals surface area contributed by atoms with Gasteiger partial charge in [0.25, 0.3) is 0 Å². The molecule has 0 atom stereocenters. The van der Waals surface area contributed by atoms with Gasteiger partial charge in [0.1, 0.15) is 5.75 Å². The summed E-state index contributed by atoms with van der Waals surface area (Å²) in [5.41, 5.74) is 1.27. The van der Waals surface area contributed by atoms with E-state index in [1.165, 1.54) is 31.2 Å². The Kier molecular flexibility index (Phi) is 8.04. The van der Waals surface area contributed by atoms with Crippen LogP contribution in [0.25, 0.3) is 0 Å². The molecule has 2 fully saturated rings. The first kappa shape index (κ1) is 20.1. The molecule has 1 aromatic rings. The summed E-state index contributed by atoms with van der Waals surface area (Å²) < 4.78 is 5.29. The van der Waals surface area contributed by atoms with Crippen molar-refractivity contribution in [1.29, 1.82) is 0 Å². The van der Waals surface area contributed by atoms with E-state index in [2.05, 4.69) is 21.9 Å². The lowest BCUT2D eigenvalue weighted by molar-refractivity contribution is -0.133. The van der Waals surface area contributed by atoms with Crippen molar-refractivity contribution in [3.8, 4) is 5.75 Å². The van der Waals surface area contributed by atoms with Gasteiger partial charge < -0.3 is 9.64 Å². The molecule has 0 aromatic heterocycles. The van der Waals surface area contributed by atoms with Gasteiger partial charge in [0.05, 0.1) is 7.11 Å². The van der Waals surface area contributed by atoms with Crippen LogP contribution >= 0.6 is 12.4 Å². The molecule has 1 aromatic carbocycles. The second kappa shape index (κ2) is 10.0. The normalized spacial score (nSPS) is 18.8. The highest BCUT2D eigenvalue weighted by atomic mass is 35.5. The molecular formula is C20H31ClN2O2. The molecule has 140 valence electrons. The molecule has 1 saturated carbocycles. The number of methoxy groups -OCH3 is 1. The highest BCUT2D eigenvalue weighted by Gasteiger charge is 2.22. The monoisotopic (exact) mass is 366 g/mol. The number of halogens is 1. The predicted molar refractivity (Wildman–Crippen MR) is 103 cm³/mol. The van der Waals surface area contributed by atoms with E-state index in [9.17, 15) is 4.79 Å². The molecule has 4 nitrogen and oxygen atoms in total. The van der Waals surface area contributed by atoms with E-state index in [1.807, 2.05) is 12.1 Å². The molecule has 1 saturated heterocycles. The molecule has 1 aliphatic heterocycles. The average molecular weight is 367 g/mol. The summed E-state index contributed by atoms with van der Waals surface area (Å²) in [4.78, 5) is 16.9. The fraction of sp³-hybridized carbons (Fsp3) is 0.650. The van der Waals surface area contributed by atoms with Crippen molar-refractivity contribution >= 4 is 18.3 Å². The zero-order chi connectivity index (χ0) is 16.8. The van der Waals surface area contributed by atoms with Gasteiger partial charge in [-0.25, -0.2) is 0 Å². The fourth-order valence-corrected chi connectivity index (χ4v) is 3.97. The van der Waals surface area contributed by atoms with Crippen molar-refractivity contribution in [1.82, 2.24) is 9.80 Å². The molecule has 0 unspecified atom stereocenters. The highest BCUT2D eigenvalue weighted by Crippen LogP contribution is 2.28. The smallest absolute Gasteiger partial charge is 0.222 e. The second-order valence-corrected chi connectivity index (χ2v) is 7.20. The molecule has 1 heterocycles. The van der Waals surface area contributed by atoms with E-state index in [-0.39, 0.29) is 12.4 Å². The molecule has 2 aliphatic rings. The Morgan fingerprint density at radius 2 is 1.88 bits per heavy atom. The Balaban J connectivity index is 0.00000225. The van der Waals surface area contributed by atoms with Crippen molar-refractivity contribution < 1.29 is 9.53 Å². The van der Waals surface area contributed by atoms with Gasteiger partial charge in [-0.3, -0.25) is 9.69 Å². The predicted octanol–water partition coefficient (Wildman–Crippen LogP) is 3.73. The summed E-state index contributed by atoms with van der Waals surface area (Å²) >= 11 is 0. The zero-order valence-electron chi connectivity index (χ0n) is 15.3. The zero-order valence-corrected chi connectivity index (χ0v) is 16.1. The summed E-state index contributed by atoms with van der Waals surface area (Å²) in [6.07, 6.45) is 7.25. The first-order chi connectivity index (χ1) is 11.7. The van der Waals surface area contributed by atoms with Gasteiger partial charge in [-0.2, -0.15) is 0 Å². The minimum absolute atomic E-state index is 0. The Morgan fingerprint density at radius 1 is 1.16 bits per heavy atom. The lowest BCUT2D eigenvalue weighted by Gasteiger charge is -2.35. The minimum atomic E-state index is 0. The summed E-state index contributed by atoms with van der Waals surface area (Å²) in [6, 6.07) is 8.25. The van der Waals surface area contributed by atoms with Gasteiger partial charge in [-0.05, 0) is 30.0 Å². The van der Waals surface area contributed by atoms with Crippen LogP contribution in [0.5, 0.6) is 5.75 Å². The summed E-state index contributed by atoms with van der Waals surface area (Å²) in [7, 11) is 1.70. The molecule has 25 heavy (non-hydrogen) atoms. The van der Waals surface area contributed by atoms with Gasteiger partial charge in [0.15, 0.2) is 0 Å². The van der Waals surface area contributed by atoms with Crippen molar-refractivity contribution in [3.63, 3.8) is 0 Å². The van der Waals surface area contributed by atoms with Crippen molar-refractivity contribution in [2.24, 2.45) is 5.92 Å². The third-order valence-corrected chi connectivity index (χ3v) is 5.51. The van der Waals surface area contributed by atoms with Crippen molar-refractivity contribution in [2.45, 2.75) is 45.1 Å². The molecule has 0 radical (unpaired) electrons. The van der Waals surface area contributed by atoms with Crippen LogP contribution in [0.2, 0.25) is 0 Å². The molecule has 1 amide bonds. The molecular weight excluding hydrogens is 336 g/mol. The van der Waals surface area contributed by atoms with Gasteiger partial charge in [0.2, 0.25) is 5.91 Å². The lowest BCUT2D eigenvalue weighted by Crippen LogP contribution is -2.48. The maximum atomic E-state index is 12.4. The molecule has 0 N–H and O–H groups in total. The quantitative estimate of drug-likeness (QED) is 0.769. The van der Waals surface area contributed by atoms with Crippen LogP contribution < -0.4 is 4.74 Å². The maximum absolute atomic E-state index is 12.4. The van der Waals surface area contributed by atoms with Gasteiger partial charge >= 0.3 is 0 Å². The summed E-state index contributed by atoms with van der Waals surface area (Å²) in [6.45, 7) is 4.60. The lowest BCUT2D eigenvalue weighted by atomic mass is 10.0. The Morgan fingerprint density at radius 3 is 2.56 bits per heavy atom. The van der Waals surface area contributed by atoms with Crippen LogP contribution in [0.15, 0.2) is 24.3 Å². The number of piperazine rings is 1. The van der Waals surface area contributed by atoms with Gasteiger partial charge in [-0.1, -0.05) is 37.8 Å². The first-order valence-electron chi connectivity index (χ1n) is 9.37. The van der Waals surface area contributed by atoms with Crippen LogP contribution in [0, 0.1) is 5.92 Å². The number of benzene rings is 1. The van der Waals surface area contributed by atoms with E-state index in [0.717, 1.165) is 57.2 Å². The van der Waals surface area contributed by atoms with Gasteiger partial charge in [-0.15, -0.1) is 12.4 Å². The average Bonchev–Trinajstić information content (AvgIpc) is 3.14. The summed E-state index contributed by atoms with van der Waals surface area (Å²) in [5, 5.41) is 0. The van der Waals surface area contributed by atoms with Crippen LogP contribution in [0.1, 0.15) is 44.1 Å². The van der Waals surface area contributed by atoms with E-state index in [0.29, 0.717) is 5.91 Å². The van der Waals surface area contributed by atoms with E-state index >= 15 is 0 Å². The largest absolute Gasteiger partial charge is 0.497 e. The van der Waals surface area contributed by atoms with E-state index in [4.69, 9.17) is 4.74 Å². The third-order valence-electron chi connectivity index (χ3n) is 5.51. The van der Waals surface area contributed by atoms with Crippen LogP contribution in [-0.4, -0.2) is 49.0 Å². The number of amides is 1. The molecule has 3 rings (SSSR count). The Labute approximate surface area is 157 Å². The second-order valence-electron chi connectivity index (χ2n) is 7.20. The standard InChI is InChI=1S/C20H30N2O2.ClH/c1-24-19-8-4-7-18(15-19)16-21-11-13-22(14-12-21)20(23)10-9-17-5-2-3-6-17;/h4,7-8,15,17H,2-3,5-6,9-14,16H2,1H3;1H.